The highest BCUT2D eigenvalue weighted by atomic mass is 35.5. The summed E-state index contributed by atoms with van der Waals surface area (Å²) in [6, 6.07) is 4.64. The first kappa shape index (κ1) is 20.9. The third kappa shape index (κ3) is 4.87. The summed E-state index contributed by atoms with van der Waals surface area (Å²) in [5.74, 6) is -0.283. The number of hydrogen-bond acceptors (Lipinski definition) is 4. The molecule has 1 aliphatic carbocycles. The molecule has 1 aromatic rings. The van der Waals surface area contributed by atoms with E-state index in [0.29, 0.717) is 25.1 Å². The number of ether oxygens (including phenoxy) is 2. The van der Waals surface area contributed by atoms with Crippen molar-refractivity contribution < 1.29 is 18.7 Å². The zero-order chi connectivity index (χ0) is 17.7. The molecule has 1 saturated carbocycles. The second kappa shape index (κ2) is 9.53. The van der Waals surface area contributed by atoms with Gasteiger partial charge in [-0.1, -0.05) is 0 Å². The minimum atomic E-state index is -0.560. The number of halogens is 2. The number of nitrogens with one attached hydrogen (secondary N) is 2. The number of amides is 1. The van der Waals surface area contributed by atoms with Crippen LogP contribution in [-0.4, -0.2) is 38.8 Å². The van der Waals surface area contributed by atoms with Gasteiger partial charge in [0.15, 0.2) is 11.6 Å². The van der Waals surface area contributed by atoms with Crippen molar-refractivity contribution in [1.82, 2.24) is 5.32 Å². The Hall–Kier alpha value is -1.37. The molecule has 1 saturated heterocycles. The Balaban J connectivity index is 0.00000243. The second-order valence-corrected chi connectivity index (χ2v) is 7.09. The standard InChI is InChI=1S/C19H27FN2O3.ClH/c1-24-13-19(8-10-21-11-9-19)18(23)22-14-6-7-17(16(20)12-14)25-15-4-2-3-5-15;/h6-7,12,15,21H,2-5,8-11,13H2,1H3,(H,22,23);1H. The molecule has 7 heteroatoms. The van der Waals surface area contributed by atoms with Gasteiger partial charge in [0.25, 0.3) is 0 Å². The molecule has 1 aromatic carbocycles. The van der Waals surface area contributed by atoms with E-state index in [0.717, 1.165) is 38.8 Å². The number of hydrogen-bond donors (Lipinski definition) is 2. The molecule has 0 aromatic heterocycles. The predicted octanol–water partition coefficient (Wildman–Crippen LogP) is 3.52. The summed E-state index contributed by atoms with van der Waals surface area (Å²) in [7, 11) is 1.60. The van der Waals surface area contributed by atoms with Crippen LogP contribution >= 0.6 is 12.4 Å². The molecule has 0 atom stereocenters. The molecule has 5 nitrogen and oxygen atoms in total. The smallest absolute Gasteiger partial charge is 0.233 e. The van der Waals surface area contributed by atoms with Crippen LogP contribution in [0.2, 0.25) is 0 Å². The maximum Gasteiger partial charge on any atom is 0.233 e. The minimum Gasteiger partial charge on any atom is -0.487 e. The molecule has 26 heavy (non-hydrogen) atoms. The average Bonchev–Trinajstić information content (AvgIpc) is 3.11. The summed E-state index contributed by atoms with van der Waals surface area (Å²) in [6.45, 7) is 1.92. The summed E-state index contributed by atoms with van der Waals surface area (Å²) in [5, 5.41) is 6.11. The Morgan fingerprint density at radius 1 is 1.31 bits per heavy atom. The Morgan fingerprint density at radius 3 is 2.62 bits per heavy atom. The molecule has 146 valence electrons. The second-order valence-electron chi connectivity index (χ2n) is 7.09. The first-order valence-corrected chi connectivity index (χ1v) is 9.10. The van der Waals surface area contributed by atoms with Gasteiger partial charge in [-0.15, -0.1) is 12.4 Å². The lowest BCUT2D eigenvalue weighted by Crippen LogP contribution is -2.47. The molecule has 0 unspecified atom stereocenters. The molecule has 2 aliphatic rings. The quantitative estimate of drug-likeness (QED) is 0.785. The monoisotopic (exact) mass is 386 g/mol. The molecule has 2 fully saturated rings. The normalized spacial score (nSPS) is 19.6. The third-order valence-electron chi connectivity index (χ3n) is 5.25. The lowest BCUT2D eigenvalue weighted by Gasteiger charge is -2.35. The van der Waals surface area contributed by atoms with Crippen LogP contribution in [0.5, 0.6) is 5.75 Å². The van der Waals surface area contributed by atoms with Gasteiger partial charge in [0, 0.05) is 18.9 Å². The van der Waals surface area contributed by atoms with Crippen LogP contribution in [0.1, 0.15) is 38.5 Å². The van der Waals surface area contributed by atoms with Crippen LogP contribution in [0, 0.1) is 11.2 Å². The number of methoxy groups -OCH3 is 1. The van der Waals surface area contributed by atoms with Crippen molar-refractivity contribution in [3.05, 3.63) is 24.0 Å². The van der Waals surface area contributed by atoms with Gasteiger partial charge in [-0.25, -0.2) is 4.39 Å². The molecule has 1 amide bonds. The van der Waals surface area contributed by atoms with E-state index in [4.69, 9.17) is 9.47 Å². The Morgan fingerprint density at radius 2 is 2.00 bits per heavy atom. The fraction of sp³-hybridized carbons (Fsp3) is 0.632. The van der Waals surface area contributed by atoms with Crippen LogP contribution in [0.4, 0.5) is 10.1 Å². The van der Waals surface area contributed by atoms with Crippen LogP contribution < -0.4 is 15.4 Å². The van der Waals surface area contributed by atoms with E-state index in [-0.39, 0.29) is 30.2 Å². The molecular weight excluding hydrogens is 359 g/mol. The van der Waals surface area contributed by atoms with Crippen LogP contribution in [0.15, 0.2) is 18.2 Å². The highest BCUT2D eigenvalue weighted by Gasteiger charge is 2.39. The van der Waals surface area contributed by atoms with Gasteiger partial charge >= 0.3 is 0 Å². The van der Waals surface area contributed by atoms with Crippen molar-refractivity contribution in [3.63, 3.8) is 0 Å². The van der Waals surface area contributed by atoms with E-state index < -0.39 is 11.2 Å². The fourth-order valence-electron chi connectivity index (χ4n) is 3.74. The molecule has 0 radical (unpaired) electrons. The highest BCUT2D eigenvalue weighted by Crippen LogP contribution is 2.32. The number of carbonyl (C=O) groups excluding carboxylic acids is 1. The lowest BCUT2D eigenvalue weighted by molar-refractivity contribution is -0.130. The molecule has 1 aliphatic heterocycles. The zero-order valence-electron chi connectivity index (χ0n) is 15.2. The van der Waals surface area contributed by atoms with Gasteiger partial charge in [-0.05, 0) is 63.7 Å². The topological polar surface area (TPSA) is 59.6 Å². The van der Waals surface area contributed by atoms with E-state index in [2.05, 4.69) is 10.6 Å². The number of carbonyl (C=O) groups is 1. The fourth-order valence-corrected chi connectivity index (χ4v) is 3.74. The van der Waals surface area contributed by atoms with Gasteiger partial charge in [0.05, 0.1) is 18.1 Å². The molecule has 3 rings (SSSR count). The van der Waals surface area contributed by atoms with E-state index in [1.54, 1.807) is 19.2 Å². The Kier molecular flexibility index (Phi) is 7.68. The number of benzene rings is 1. The first-order chi connectivity index (χ1) is 12.1. The van der Waals surface area contributed by atoms with Crippen molar-refractivity contribution in [1.29, 1.82) is 0 Å². The molecule has 0 spiro atoms. The van der Waals surface area contributed by atoms with Crippen LogP contribution in [0.3, 0.4) is 0 Å². The maximum atomic E-state index is 14.3. The Bertz CT molecular complexity index is 597. The van der Waals surface area contributed by atoms with Gasteiger partial charge in [0.1, 0.15) is 0 Å². The summed E-state index contributed by atoms with van der Waals surface area (Å²) in [5.41, 5.74) is -0.106. The summed E-state index contributed by atoms with van der Waals surface area (Å²) in [4.78, 5) is 12.8. The third-order valence-corrected chi connectivity index (χ3v) is 5.25. The Labute approximate surface area is 160 Å². The number of anilines is 1. The van der Waals surface area contributed by atoms with Gasteiger partial charge in [-0.2, -0.15) is 0 Å². The van der Waals surface area contributed by atoms with Gasteiger partial charge < -0.3 is 20.1 Å². The van der Waals surface area contributed by atoms with E-state index >= 15 is 0 Å². The summed E-state index contributed by atoms with van der Waals surface area (Å²) < 4.78 is 25.3. The molecule has 2 N–H and O–H groups in total. The minimum absolute atomic E-state index is 0. The summed E-state index contributed by atoms with van der Waals surface area (Å²) in [6.07, 6.45) is 5.75. The highest BCUT2D eigenvalue weighted by molar-refractivity contribution is 5.95. The molecular formula is C19H28ClFN2O3. The SMILES string of the molecule is COCC1(C(=O)Nc2ccc(OC3CCCC3)c(F)c2)CCNCC1.Cl. The predicted molar refractivity (Wildman–Crippen MR) is 102 cm³/mol. The largest absolute Gasteiger partial charge is 0.487 e. The lowest BCUT2D eigenvalue weighted by atomic mass is 9.78. The van der Waals surface area contributed by atoms with E-state index in [1.165, 1.54) is 6.07 Å². The van der Waals surface area contributed by atoms with Crippen LogP contribution in [-0.2, 0) is 9.53 Å². The molecule has 0 bridgehead atoms. The van der Waals surface area contributed by atoms with E-state index in [1.807, 2.05) is 0 Å². The maximum absolute atomic E-state index is 14.3. The van der Waals surface area contributed by atoms with Gasteiger partial charge in [-0.3, -0.25) is 4.79 Å². The number of rotatable bonds is 6. The first-order valence-electron chi connectivity index (χ1n) is 9.10. The number of piperidine rings is 1. The van der Waals surface area contributed by atoms with E-state index in [9.17, 15) is 9.18 Å². The zero-order valence-corrected chi connectivity index (χ0v) is 16.0. The van der Waals surface area contributed by atoms with Crippen molar-refractivity contribution in [2.45, 2.75) is 44.6 Å². The average molecular weight is 387 g/mol. The molecule has 1 heterocycles. The van der Waals surface area contributed by atoms with Crippen LogP contribution in [0.25, 0.3) is 0 Å². The van der Waals surface area contributed by atoms with Crippen molar-refractivity contribution >= 4 is 24.0 Å². The van der Waals surface area contributed by atoms with Gasteiger partial charge in [0.2, 0.25) is 5.91 Å². The van der Waals surface area contributed by atoms with Crippen molar-refractivity contribution in [3.8, 4) is 5.75 Å². The van der Waals surface area contributed by atoms with Crippen molar-refractivity contribution in [2.24, 2.45) is 5.41 Å². The van der Waals surface area contributed by atoms with Crippen molar-refractivity contribution in [2.75, 3.05) is 32.1 Å². The summed E-state index contributed by atoms with van der Waals surface area (Å²) >= 11 is 0.